The minimum absolute atomic E-state index is 0.0241. The summed E-state index contributed by atoms with van der Waals surface area (Å²) in [7, 11) is 0. The second-order valence-electron chi connectivity index (χ2n) is 10.9. The lowest BCUT2D eigenvalue weighted by atomic mass is 9.83. The Bertz CT molecular complexity index is 1810. The number of hydrogen-bond acceptors (Lipinski definition) is 5. The average molecular weight is 548 g/mol. The number of benzene rings is 3. The van der Waals surface area contributed by atoms with Crippen molar-refractivity contribution in [2.45, 2.75) is 45.6 Å². The topological polar surface area (TPSA) is 46.8 Å². The molecular formula is C34H33N3O2S. The van der Waals surface area contributed by atoms with Gasteiger partial charge in [-0.05, 0) is 97.7 Å². The van der Waals surface area contributed by atoms with E-state index in [0.29, 0.717) is 6.61 Å². The number of hydrogen-bond donors (Lipinski definition) is 0. The van der Waals surface area contributed by atoms with Crippen molar-refractivity contribution in [2.24, 2.45) is 4.99 Å². The quantitative estimate of drug-likeness (QED) is 0.326. The van der Waals surface area contributed by atoms with E-state index in [1.54, 1.807) is 0 Å². The summed E-state index contributed by atoms with van der Waals surface area (Å²) in [4.78, 5) is 22.5. The summed E-state index contributed by atoms with van der Waals surface area (Å²) in [5.74, 6) is 0.842. The highest BCUT2D eigenvalue weighted by Gasteiger charge is 2.32. The molecule has 1 fully saturated rings. The zero-order chi connectivity index (χ0) is 27.2. The van der Waals surface area contributed by atoms with E-state index in [0.717, 1.165) is 57.8 Å². The fourth-order valence-corrected chi connectivity index (χ4v) is 7.36. The van der Waals surface area contributed by atoms with Gasteiger partial charge >= 0.3 is 0 Å². The van der Waals surface area contributed by atoms with Crippen molar-refractivity contribution < 1.29 is 4.74 Å². The van der Waals surface area contributed by atoms with Gasteiger partial charge in [0.25, 0.3) is 5.56 Å². The molecule has 40 heavy (non-hydrogen) atoms. The van der Waals surface area contributed by atoms with E-state index in [2.05, 4.69) is 72.5 Å². The van der Waals surface area contributed by atoms with Crippen LogP contribution >= 0.6 is 11.3 Å². The van der Waals surface area contributed by atoms with Crippen LogP contribution in [-0.2, 0) is 6.42 Å². The molecule has 1 saturated heterocycles. The number of thiazole rings is 1. The Kier molecular flexibility index (Phi) is 6.43. The first-order valence-corrected chi connectivity index (χ1v) is 15.1. The van der Waals surface area contributed by atoms with Crippen LogP contribution in [0.4, 0.5) is 5.69 Å². The average Bonchev–Trinajstić information content (AvgIpc) is 3.62. The summed E-state index contributed by atoms with van der Waals surface area (Å²) in [6.07, 6.45) is 6.40. The third-order valence-corrected chi connectivity index (χ3v) is 9.37. The van der Waals surface area contributed by atoms with Crippen LogP contribution in [0.15, 0.2) is 82.1 Å². The maximum Gasteiger partial charge on any atom is 0.271 e. The smallest absolute Gasteiger partial charge is 0.271 e. The Morgan fingerprint density at radius 1 is 1.02 bits per heavy atom. The largest absolute Gasteiger partial charge is 0.494 e. The van der Waals surface area contributed by atoms with Crippen molar-refractivity contribution >= 4 is 28.8 Å². The van der Waals surface area contributed by atoms with E-state index in [1.807, 2.05) is 23.6 Å². The van der Waals surface area contributed by atoms with Gasteiger partial charge < -0.3 is 9.64 Å². The van der Waals surface area contributed by atoms with Gasteiger partial charge in [-0.15, -0.1) is 0 Å². The van der Waals surface area contributed by atoms with Crippen LogP contribution in [0.25, 0.3) is 11.8 Å². The van der Waals surface area contributed by atoms with Crippen LogP contribution in [0, 0.1) is 6.92 Å². The number of ether oxygens (including phenoxy) is 1. The molecule has 0 spiro atoms. The van der Waals surface area contributed by atoms with E-state index < -0.39 is 0 Å². The Hall–Kier alpha value is -3.90. The van der Waals surface area contributed by atoms with Crippen molar-refractivity contribution in [2.75, 3.05) is 24.6 Å². The van der Waals surface area contributed by atoms with Gasteiger partial charge in [-0.1, -0.05) is 53.8 Å². The minimum atomic E-state index is -0.184. The molecule has 5 nitrogen and oxygen atoms in total. The highest BCUT2D eigenvalue weighted by molar-refractivity contribution is 7.07. The first-order valence-electron chi connectivity index (χ1n) is 14.3. The normalized spacial score (nSPS) is 18.3. The summed E-state index contributed by atoms with van der Waals surface area (Å²) in [6.45, 7) is 7.00. The van der Waals surface area contributed by atoms with Gasteiger partial charge in [0.05, 0.1) is 22.9 Å². The zero-order valence-electron chi connectivity index (χ0n) is 23.0. The van der Waals surface area contributed by atoms with E-state index in [-0.39, 0.29) is 11.6 Å². The number of aryl methyl sites for hydroxylation is 2. The molecule has 3 heterocycles. The molecule has 0 N–H and O–H groups in total. The molecule has 1 atom stereocenters. The first-order chi connectivity index (χ1) is 19.6. The van der Waals surface area contributed by atoms with Gasteiger partial charge in [0.1, 0.15) is 5.75 Å². The van der Waals surface area contributed by atoms with Crippen molar-refractivity contribution in [3.63, 3.8) is 0 Å². The molecule has 2 aliphatic heterocycles. The molecule has 4 aromatic rings. The molecule has 6 heteroatoms. The molecule has 202 valence electrons. The third-order valence-electron chi connectivity index (χ3n) is 8.39. The van der Waals surface area contributed by atoms with Crippen molar-refractivity contribution in [1.82, 2.24) is 4.57 Å². The van der Waals surface area contributed by atoms with Crippen LogP contribution in [-0.4, -0.2) is 24.3 Å². The van der Waals surface area contributed by atoms with Crippen molar-refractivity contribution in [3.05, 3.63) is 120 Å². The monoisotopic (exact) mass is 547 g/mol. The standard InChI is InChI=1S/C34H33N3O2S/c1-3-39-27-15-11-24(12-16-27)32-29-17-13-23-8-4-5-9-28(23)31(29)35-34-37(32)33(38)30(40-34)21-25-10-14-26(20-22(25)2)36-18-6-7-19-36/h4-5,8-12,14-16,20-21,32H,3,6-7,13,17-19H2,1-2H3/t32-/m0/s1. The molecule has 1 aliphatic carbocycles. The Balaban J connectivity index is 1.38. The van der Waals surface area contributed by atoms with E-state index in [1.165, 1.54) is 52.1 Å². The summed E-state index contributed by atoms with van der Waals surface area (Å²) >= 11 is 1.49. The first kappa shape index (κ1) is 25.1. The highest BCUT2D eigenvalue weighted by Crippen LogP contribution is 2.41. The van der Waals surface area contributed by atoms with Crippen LogP contribution in [0.3, 0.4) is 0 Å². The maximum absolute atomic E-state index is 14.1. The second kappa shape index (κ2) is 10.3. The summed E-state index contributed by atoms with van der Waals surface area (Å²) < 4.78 is 8.36. The Labute approximate surface area is 238 Å². The maximum atomic E-state index is 14.1. The number of allylic oxidation sites excluding steroid dienone is 1. The fraction of sp³-hybridized carbons (Fsp3) is 0.294. The van der Waals surface area contributed by atoms with Gasteiger partial charge in [0, 0.05) is 24.3 Å². The lowest BCUT2D eigenvalue weighted by molar-refractivity contribution is 0.340. The molecule has 0 saturated carbocycles. The summed E-state index contributed by atoms with van der Waals surface area (Å²) in [6, 6.07) is 23.2. The number of fused-ring (bicyclic) bond motifs is 3. The molecule has 3 aliphatic rings. The zero-order valence-corrected chi connectivity index (χ0v) is 23.8. The van der Waals surface area contributed by atoms with Gasteiger partial charge in [0.2, 0.25) is 0 Å². The van der Waals surface area contributed by atoms with Gasteiger partial charge in [-0.25, -0.2) is 4.99 Å². The number of rotatable bonds is 5. The lowest BCUT2D eigenvalue weighted by Crippen LogP contribution is -2.38. The number of nitrogens with zero attached hydrogens (tertiary/aromatic N) is 3. The predicted octanol–water partition coefficient (Wildman–Crippen LogP) is 5.63. The second-order valence-corrected chi connectivity index (χ2v) is 11.9. The molecule has 0 amide bonds. The predicted molar refractivity (Wildman–Crippen MR) is 163 cm³/mol. The molecule has 0 bridgehead atoms. The molecule has 1 aromatic heterocycles. The van der Waals surface area contributed by atoms with Gasteiger partial charge in [0.15, 0.2) is 4.80 Å². The van der Waals surface area contributed by atoms with E-state index in [9.17, 15) is 4.79 Å². The van der Waals surface area contributed by atoms with Gasteiger partial charge in [-0.2, -0.15) is 0 Å². The Morgan fingerprint density at radius 3 is 2.60 bits per heavy atom. The van der Waals surface area contributed by atoms with E-state index in [4.69, 9.17) is 9.73 Å². The van der Waals surface area contributed by atoms with Crippen LogP contribution < -0.4 is 24.5 Å². The fourth-order valence-electron chi connectivity index (χ4n) is 6.37. The highest BCUT2D eigenvalue weighted by atomic mass is 32.1. The summed E-state index contributed by atoms with van der Waals surface area (Å²) in [5, 5.41) is 0. The SMILES string of the molecule is CCOc1ccc([C@H]2C3=C(N=c4sc(=Cc5ccc(N6CCCC6)cc5C)c(=O)n42)c2ccccc2CC3)cc1. The van der Waals surface area contributed by atoms with Crippen molar-refractivity contribution in [1.29, 1.82) is 0 Å². The Morgan fingerprint density at radius 2 is 1.82 bits per heavy atom. The molecule has 0 unspecified atom stereocenters. The lowest BCUT2D eigenvalue weighted by Gasteiger charge is -2.30. The molecule has 7 rings (SSSR count). The van der Waals surface area contributed by atoms with Crippen molar-refractivity contribution in [3.8, 4) is 5.75 Å². The van der Waals surface area contributed by atoms with Crippen LogP contribution in [0.5, 0.6) is 5.75 Å². The third kappa shape index (κ3) is 4.31. The van der Waals surface area contributed by atoms with E-state index >= 15 is 0 Å². The number of aromatic nitrogens is 1. The molecule has 3 aromatic carbocycles. The van der Waals surface area contributed by atoms with Crippen LogP contribution in [0.1, 0.15) is 60.0 Å². The number of anilines is 1. The van der Waals surface area contributed by atoms with Gasteiger partial charge in [-0.3, -0.25) is 9.36 Å². The minimum Gasteiger partial charge on any atom is -0.494 e. The molecular weight excluding hydrogens is 514 g/mol. The summed E-state index contributed by atoms with van der Waals surface area (Å²) in [5.41, 5.74) is 9.41. The molecule has 0 radical (unpaired) electrons. The van der Waals surface area contributed by atoms with Crippen LogP contribution in [0.2, 0.25) is 0 Å².